The number of rotatable bonds is 5. The molecule has 27 heavy (non-hydrogen) atoms. The number of carboxylic acid groups (broad SMARTS) is 1. The first-order valence-corrected chi connectivity index (χ1v) is 9.23. The lowest BCUT2D eigenvalue weighted by atomic mass is 10.0. The molecule has 2 N–H and O–H groups in total. The average molecular weight is 409 g/mol. The van der Waals surface area contributed by atoms with E-state index in [9.17, 15) is 31.2 Å². The Balaban J connectivity index is 2.56. The molecular formula is C15H18F3N3O5S. The number of amides is 1. The minimum Gasteiger partial charge on any atom is -0.478 e. The first-order valence-electron chi connectivity index (χ1n) is 7.79. The number of carboxylic acids is 1. The normalized spacial score (nSPS) is 17.0. The van der Waals surface area contributed by atoms with Crippen LogP contribution in [0.3, 0.4) is 0 Å². The highest BCUT2D eigenvalue weighted by Gasteiger charge is 2.38. The molecule has 8 nitrogen and oxygen atoms in total. The highest BCUT2D eigenvalue weighted by Crippen LogP contribution is 2.34. The maximum absolute atomic E-state index is 14.8. The molecule has 1 amide bonds. The van der Waals surface area contributed by atoms with Crippen LogP contribution in [0.2, 0.25) is 0 Å². The largest absolute Gasteiger partial charge is 0.478 e. The molecule has 1 aromatic carbocycles. The van der Waals surface area contributed by atoms with E-state index in [1.807, 2.05) is 0 Å². The molecule has 12 heteroatoms. The molecular weight excluding hydrogens is 391 g/mol. The van der Waals surface area contributed by atoms with E-state index in [1.165, 1.54) is 0 Å². The quantitative estimate of drug-likeness (QED) is 0.759. The Morgan fingerprint density at radius 2 is 1.85 bits per heavy atom. The number of nitrogens with zero attached hydrogens (tertiary/aromatic N) is 2. The van der Waals surface area contributed by atoms with Gasteiger partial charge in [-0.2, -0.15) is 12.7 Å². The van der Waals surface area contributed by atoms with Crippen LogP contribution in [0.1, 0.15) is 33.6 Å². The zero-order chi connectivity index (χ0) is 20.6. The lowest BCUT2D eigenvalue weighted by Gasteiger charge is -2.35. The zero-order valence-electron chi connectivity index (χ0n) is 14.5. The molecule has 1 heterocycles. The van der Waals surface area contributed by atoms with Crippen LogP contribution < -0.4 is 9.62 Å². The molecule has 0 aliphatic carbocycles. The van der Waals surface area contributed by atoms with Crippen LogP contribution in [-0.2, 0) is 10.2 Å². The summed E-state index contributed by atoms with van der Waals surface area (Å²) in [4.78, 5) is 24.4. The molecule has 2 rings (SSSR count). The van der Waals surface area contributed by atoms with Crippen LogP contribution in [0.4, 0.5) is 18.9 Å². The summed E-state index contributed by atoms with van der Waals surface area (Å²) in [5.41, 5.74) is -2.03. The van der Waals surface area contributed by atoms with Gasteiger partial charge in [0.1, 0.15) is 0 Å². The number of piperidine rings is 1. The van der Waals surface area contributed by atoms with Gasteiger partial charge in [0, 0.05) is 27.1 Å². The first-order chi connectivity index (χ1) is 12.4. The van der Waals surface area contributed by atoms with E-state index in [-0.39, 0.29) is 13.0 Å². The van der Waals surface area contributed by atoms with Crippen molar-refractivity contribution in [2.45, 2.75) is 18.8 Å². The van der Waals surface area contributed by atoms with Gasteiger partial charge in [-0.1, -0.05) is 0 Å². The lowest BCUT2D eigenvalue weighted by Crippen LogP contribution is -2.45. The van der Waals surface area contributed by atoms with Gasteiger partial charge in [-0.3, -0.25) is 4.79 Å². The van der Waals surface area contributed by atoms with E-state index in [0.717, 1.165) is 31.1 Å². The summed E-state index contributed by atoms with van der Waals surface area (Å²) in [6.45, 7) is -0.968. The van der Waals surface area contributed by atoms with Crippen molar-refractivity contribution in [2.75, 3.05) is 32.1 Å². The predicted molar refractivity (Wildman–Crippen MR) is 89.8 cm³/mol. The number of benzene rings is 1. The van der Waals surface area contributed by atoms with Crippen molar-refractivity contribution in [3.05, 3.63) is 29.1 Å². The SMILES string of the molecule is CN(C)S(=O)(=O)NC(=O)c1ccc(C(=O)O)c(F)c1N1CCCC(F)(F)C1. The van der Waals surface area contributed by atoms with E-state index in [1.54, 1.807) is 4.72 Å². The maximum atomic E-state index is 14.8. The highest BCUT2D eigenvalue weighted by molar-refractivity contribution is 7.87. The van der Waals surface area contributed by atoms with Gasteiger partial charge in [-0.15, -0.1) is 0 Å². The standard InChI is InChI=1S/C15H18F3N3O5S/c1-20(2)27(25,26)19-13(22)10-5-4-9(14(23)24)11(16)12(10)21-7-3-6-15(17,18)8-21/h4-5H,3,6-8H2,1-2H3,(H,19,22)(H,23,24). The molecule has 0 spiro atoms. The van der Waals surface area contributed by atoms with Crippen molar-refractivity contribution in [3.8, 4) is 0 Å². The van der Waals surface area contributed by atoms with Crippen LogP contribution in [0.15, 0.2) is 12.1 Å². The fraction of sp³-hybridized carbons (Fsp3) is 0.467. The molecule has 0 saturated carbocycles. The lowest BCUT2D eigenvalue weighted by molar-refractivity contribution is -0.0118. The van der Waals surface area contributed by atoms with E-state index >= 15 is 0 Å². The molecule has 1 saturated heterocycles. The summed E-state index contributed by atoms with van der Waals surface area (Å²) < 4.78 is 68.3. The number of halogens is 3. The average Bonchev–Trinajstić information content (AvgIpc) is 2.52. The van der Waals surface area contributed by atoms with Gasteiger partial charge in [0.25, 0.3) is 11.8 Å². The van der Waals surface area contributed by atoms with E-state index in [2.05, 4.69) is 0 Å². The number of nitrogens with one attached hydrogen (secondary N) is 1. The molecule has 1 fully saturated rings. The fourth-order valence-corrected chi connectivity index (χ4v) is 3.17. The van der Waals surface area contributed by atoms with Gasteiger partial charge in [-0.05, 0) is 18.6 Å². The summed E-state index contributed by atoms with van der Waals surface area (Å²) >= 11 is 0. The van der Waals surface area contributed by atoms with Gasteiger partial charge >= 0.3 is 16.2 Å². The fourth-order valence-electron chi connectivity index (χ4n) is 2.64. The van der Waals surface area contributed by atoms with Crippen molar-refractivity contribution >= 4 is 27.8 Å². The predicted octanol–water partition coefficient (Wildman–Crippen LogP) is 1.30. The second kappa shape index (κ2) is 7.35. The zero-order valence-corrected chi connectivity index (χ0v) is 15.3. The monoisotopic (exact) mass is 409 g/mol. The smallest absolute Gasteiger partial charge is 0.338 e. The van der Waals surface area contributed by atoms with Crippen molar-refractivity contribution in [2.24, 2.45) is 0 Å². The van der Waals surface area contributed by atoms with E-state index in [4.69, 9.17) is 5.11 Å². The van der Waals surface area contributed by atoms with Gasteiger partial charge in [0.15, 0.2) is 5.82 Å². The molecule has 0 bridgehead atoms. The first kappa shape index (κ1) is 21.0. The Morgan fingerprint density at radius 1 is 1.26 bits per heavy atom. The topological polar surface area (TPSA) is 107 Å². The Labute approximate surface area is 153 Å². The molecule has 1 aliphatic rings. The van der Waals surface area contributed by atoms with Crippen LogP contribution >= 0.6 is 0 Å². The highest BCUT2D eigenvalue weighted by atomic mass is 32.2. The Hall–Kier alpha value is -2.34. The van der Waals surface area contributed by atoms with Crippen molar-refractivity contribution in [3.63, 3.8) is 0 Å². The number of hydrogen-bond donors (Lipinski definition) is 2. The summed E-state index contributed by atoms with van der Waals surface area (Å²) in [5, 5.41) is 9.07. The second-order valence-electron chi connectivity index (χ2n) is 6.23. The summed E-state index contributed by atoms with van der Waals surface area (Å²) in [6.07, 6.45) is -0.443. The van der Waals surface area contributed by atoms with E-state index < -0.39 is 63.6 Å². The van der Waals surface area contributed by atoms with Gasteiger partial charge < -0.3 is 10.0 Å². The van der Waals surface area contributed by atoms with Crippen molar-refractivity contribution in [1.29, 1.82) is 0 Å². The third kappa shape index (κ3) is 4.50. The number of anilines is 1. The van der Waals surface area contributed by atoms with Gasteiger partial charge in [0.2, 0.25) is 0 Å². The summed E-state index contributed by atoms with van der Waals surface area (Å²) in [6, 6.07) is 1.68. The molecule has 1 aromatic rings. The molecule has 0 atom stereocenters. The molecule has 1 aliphatic heterocycles. The number of hydrogen-bond acceptors (Lipinski definition) is 5. The maximum Gasteiger partial charge on any atom is 0.338 e. The minimum atomic E-state index is -4.23. The van der Waals surface area contributed by atoms with Crippen LogP contribution in [0.25, 0.3) is 0 Å². The second-order valence-corrected chi connectivity index (χ2v) is 8.11. The molecule has 0 unspecified atom stereocenters. The van der Waals surface area contributed by atoms with Crippen LogP contribution in [-0.4, -0.2) is 62.8 Å². The number of carbonyl (C=O) groups is 2. The molecule has 150 valence electrons. The third-order valence-corrected chi connectivity index (χ3v) is 5.41. The summed E-state index contributed by atoms with van der Waals surface area (Å²) in [7, 11) is -1.93. The molecule has 0 aromatic heterocycles. The number of alkyl halides is 2. The third-order valence-electron chi connectivity index (χ3n) is 4.00. The van der Waals surface area contributed by atoms with E-state index in [0.29, 0.717) is 4.31 Å². The minimum absolute atomic E-state index is 0.0131. The van der Waals surface area contributed by atoms with Gasteiger partial charge in [-0.25, -0.2) is 22.7 Å². The van der Waals surface area contributed by atoms with Crippen LogP contribution in [0, 0.1) is 5.82 Å². The summed E-state index contributed by atoms with van der Waals surface area (Å²) in [5.74, 6) is -7.45. The van der Waals surface area contributed by atoms with Crippen molar-refractivity contribution in [1.82, 2.24) is 9.03 Å². The Kier molecular flexibility index (Phi) is 5.71. The number of aromatic carboxylic acids is 1. The molecule has 0 radical (unpaired) electrons. The van der Waals surface area contributed by atoms with Gasteiger partial charge in [0.05, 0.1) is 23.4 Å². The Bertz CT molecular complexity index is 874. The van der Waals surface area contributed by atoms with Crippen LogP contribution in [0.5, 0.6) is 0 Å². The Morgan fingerprint density at radius 3 is 2.37 bits per heavy atom. The van der Waals surface area contributed by atoms with Crippen molar-refractivity contribution < 1.29 is 36.3 Å². The number of carbonyl (C=O) groups excluding carboxylic acids is 1.